The molecule has 0 unspecified atom stereocenters. The maximum Gasteiger partial charge on any atom is 0.329 e. The van der Waals surface area contributed by atoms with Crippen molar-refractivity contribution in [3.63, 3.8) is 0 Å². The number of imide groups is 1. The molecule has 5 nitrogen and oxygen atoms in total. The number of carbonyl (C=O) groups excluding carboxylic acids is 2. The summed E-state index contributed by atoms with van der Waals surface area (Å²) in [5, 5.41) is 2.19. The Morgan fingerprint density at radius 2 is 2.14 bits per heavy atom. The van der Waals surface area contributed by atoms with Crippen molar-refractivity contribution in [3.8, 4) is 0 Å². The number of hydrogen-bond donors (Lipinski definition) is 2. The lowest BCUT2D eigenvalue weighted by molar-refractivity contribution is -0.117. The summed E-state index contributed by atoms with van der Waals surface area (Å²) in [6, 6.07) is 6.44. The molecule has 0 aromatic heterocycles. The van der Waals surface area contributed by atoms with Gasteiger partial charge in [-0.1, -0.05) is 6.07 Å². The van der Waals surface area contributed by atoms with Gasteiger partial charge in [-0.15, -0.1) is 0 Å². The number of urea groups is 1. The largest absolute Gasteiger partial charge is 0.399 e. The molecule has 1 aromatic rings. The fourth-order valence-electron chi connectivity index (χ4n) is 1.34. The van der Waals surface area contributed by atoms with Gasteiger partial charge in [0, 0.05) is 11.4 Å². The third kappa shape index (κ3) is 1.39. The summed E-state index contributed by atoms with van der Waals surface area (Å²) in [4.78, 5) is 23.5. The molecule has 0 spiro atoms. The highest BCUT2D eigenvalue weighted by molar-refractivity contribution is 6.12. The number of nitrogens with two attached hydrogens (primary N) is 1. The molecule has 0 saturated carbocycles. The Morgan fingerprint density at radius 1 is 1.36 bits per heavy atom. The molecule has 0 radical (unpaired) electrons. The van der Waals surface area contributed by atoms with Crippen LogP contribution in [0.15, 0.2) is 24.3 Å². The van der Waals surface area contributed by atoms with Gasteiger partial charge in [0.15, 0.2) is 0 Å². The third-order valence-electron chi connectivity index (χ3n) is 1.98. The smallest absolute Gasteiger partial charge is 0.329 e. The molecular formula is C9H9N3O2. The average molecular weight is 191 g/mol. The highest BCUT2D eigenvalue weighted by Crippen LogP contribution is 2.19. The Kier molecular flexibility index (Phi) is 1.85. The fourth-order valence-corrected chi connectivity index (χ4v) is 1.34. The van der Waals surface area contributed by atoms with Crippen LogP contribution in [-0.4, -0.2) is 18.5 Å². The Labute approximate surface area is 80.5 Å². The van der Waals surface area contributed by atoms with E-state index in [9.17, 15) is 9.59 Å². The van der Waals surface area contributed by atoms with Crippen LogP contribution in [0.5, 0.6) is 0 Å². The third-order valence-corrected chi connectivity index (χ3v) is 1.98. The van der Waals surface area contributed by atoms with Crippen LogP contribution in [0, 0.1) is 0 Å². The zero-order valence-electron chi connectivity index (χ0n) is 7.36. The number of carbonyl (C=O) groups is 2. The van der Waals surface area contributed by atoms with Gasteiger partial charge in [-0.2, -0.15) is 0 Å². The molecule has 1 aliphatic rings. The Bertz CT molecular complexity index is 403. The molecule has 72 valence electrons. The zero-order chi connectivity index (χ0) is 10.1. The van der Waals surface area contributed by atoms with Gasteiger partial charge in [-0.3, -0.25) is 15.0 Å². The maximum absolute atomic E-state index is 11.2. The first-order chi connectivity index (χ1) is 6.66. The molecule has 1 aliphatic heterocycles. The minimum atomic E-state index is -0.402. The molecule has 3 N–H and O–H groups in total. The Hall–Kier alpha value is -2.04. The number of hydrogen-bond acceptors (Lipinski definition) is 3. The first kappa shape index (κ1) is 8.55. The summed E-state index contributed by atoms with van der Waals surface area (Å²) in [6.07, 6.45) is 0. The van der Waals surface area contributed by atoms with Crippen molar-refractivity contribution in [2.75, 3.05) is 17.2 Å². The maximum atomic E-state index is 11.2. The normalized spacial score (nSPS) is 15.9. The van der Waals surface area contributed by atoms with Gasteiger partial charge in [-0.05, 0) is 18.2 Å². The summed E-state index contributed by atoms with van der Waals surface area (Å²) in [7, 11) is 0. The summed E-state index contributed by atoms with van der Waals surface area (Å²) >= 11 is 0. The van der Waals surface area contributed by atoms with Crippen LogP contribution in [0.1, 0.15) is 0 Å². The molecule has 0 atom stereocenters. The lowest BCUT2D eigenvalue weighted by Crippen LogP contribution is -2.27. The lowest BCUT2D eigenvalue weighted by Gasteiger charge is -2.12. The number of benzene rings is 1. The first-order valence-corrected chi connectivity index (χ1v) is 4.14. The topological polar surface area (TPSA) is 75.4 Å². The molecule has 2 rings (SSSR count). The van der Waals surface area contributed by atoms with Gasteiger partial charge in [0.25, 0.3) is 0 Å². The van der Waals surface area contributed by atoms with Crippen molar-refractivity contribution >= 4 is 23.3 Å². The second-order valence-corrected chi connectivity index (χ2v) is 3.03. The van der Waals surface area contributed by atoms with E-state index in [2.05, 4.69) is 5.32 Å². The van der Waals surface area contributed by atoms with Crippen molar-refractivity contribution in [1.82, 2.24) is 5.32 Å². The van der Waals surface area contributed by atoms with Crippen molar-refractivity contribution in [2.24, 2.45) is 0 Å². The molecule has 1 fully saturated rings. The van der Waals surface area contributed by atoms with Crippen LogP contribution < -0.4 is 16.0 Å². The molecule has 1 aromatic carbocycles. The Morgan fingerprint density at radius 3 is 2.71 bits per heavy atom. The lowest BCUT2D eigenvalue weighted by atomic mass is 10.2. The van der Waals surface area contributed by atoms with E-state index in [-0.39, 0.29) is 12.5 Å². The van der Waals surface area contributed by atoms with Gasteiger partial charge >= 0.3 is 6.03 Å². The number of rotatable bonds is 1. The van der Waals surface area contributed by atoms with Crippen LogP contribution in [0.25, 0.3) is 0 Å². The van der Waals surface area contributed by atoms with E-state index in [1.54, 1.807) is 24.3 Å². The molecule has 1 heterocycles. The fraction of sp³-hybridized carbons (Fsp3) is 0.111. The van der Waals surface area contributed by atoms with E-state index in [1.807, 2.05) is 0 Å². The van der Waals surface area contributed by atoms with Gasteiger partial charge in [0.05, 0.1) is 0 Å². The predicted molar refractivity (Wildman–Crippen MR) is 51.7 cm³/mol. The van der Waals surface area contributed by atoms with Crippen molar-refractivity contribution < 1.29 is 9.59 Å². The van der Waals surface area contributed by atoms with Crippen LogP contribution in [0.4, 0.5) is 16.2 Å². The molecule has 3 amide bonds. The quantitative estimate of drug-likeness (QED) is 0.496. The Balaban J connectivity index is 2.31. The number of nitrogen functional groups attached to an aromatic ring is 1. The van der Waals surface area contributed by atoms with Crippen molar-refractivity contribution in [3.05, 3.63) is 24.3 Å². The number of nitrogens with one attached hydrogen (secondary N) is 1. The predicted octanol–water partition coefficient (Wildman–Crippen LogP) is 0.325. The summed E-state index contributed by atoms with van der Waals surface area (Å²) in [5.74, 6) is -0.294. The monoisotopic (exact) mass is 191 g/mol. The highest BCUT2D eigenvalue weighted by Gasteiger charge is 2.27. The first-order valence-electron chi connectivity index (χ1n) is 4.14. The minimum absolute atomic E-state index is 0.0578. The van der Waals surface area contributed by atoms with E-state index in [0.29, 0.717) is 11.4 Å². The summed E-state index contributed by atoms with van der Waals surface area (Å²) in [5.41, 5.74) is 6.76. The SMILES string of the molecule is Nc1cccc(N2CC(=O)NC2=O)c1. The molecule has 0 aliphatic carbocycles. The highest BCUT2D eigenvalue weighted by atomic mass is 16.2. The number of amides is 3. The average Bonchev–Trinajstić information content (AvgIpc) is 2.45. The van der Waals surface area contributed by atoms with Crippen molar-refractivity contribution in [1.29, 1.82) is 0 Å². The minimum Gasteiger partial charge on any atom is -0.399 e. The van der Waals surface area contributed by atoms with Gasteiger partial charge in [0.2, 0.25) is 5.91 Å². The van der Waals surface area contributed by atoms with E-state index < -0.39 is 6.03 Å². The van der Waals surface area contributed by atoms with Crippen LogP contribution >= 0.6 is 0 Å². The van der Waals surface area contributed by atoms with Gasteiger partial charge in [-0.25, -0.2) is 4.79 Å². The summed E-state index contributed by atoms with van der Waals surface area (Å²) in [6.45, 7) is 0.0578. The molecular weight excluding hydrogens is 182 g/mol. The molecule has 14 heavy (non-hydrogen) atoms. The summed E-state index contributed by atoms with van der Waals surface area (Å²) < 4.78 is 0. The molecule has 5 heteroatoms. The van der Waals surface area contributed by atoms with Gasteiger partial charge in [0.1, 0.15) is 6.54 Å². The second kappa shape index (κ2) is 3.02. The van der Waals surface area contributed by atoms with Crippen molar-refractivity contribution in [2.45, 2.75) is 0 Å². The van der Waals surface area contributed by atoms with E-state index in [4.69, 9.17) is 5.73 Å². The standard InChI is InChI=1S/C9H9N3O2/c10-6-2-1-3-7(4-6)12-5-8(13)11-9(12)14/h1-4H,5,10H2,(H,11,13,14). The zero-order valence-corrected chi connectivity index (χ0v) is 7.36. The second-order valence-electron chi connectivity index (χ2n) is 3.03. The van der Waals surface area contributed by atoms with Gasteiger partial charge < -0.3 is 5.73 Å². The van der Waals surface area contributed by atoms with Crippen LogP contribution in [-0.2, 0) is 4.79 Å². The number of nitrogens with zero attached hydrogens (tertiary/aromatic N) is 1. The van der Waals surface area contributed by atoms with E-state index in [0.717, 1.165) is 0 Å². The van der Waals surface area contributed by atoms with E-state index in [1.165, 1.54) is 4.90 Å². The number of anilines is 2. The van der Waals surface area contributed by atoms with Crippen LogP contribution in [0.2, 0.25) is 0 Å². The molecule has 0 bridgehead atoms. The van der Waals surface area contributed by atoms with Crippen LogP contribution in [0.3, 0.4) is 0 Å². The molecule has 1 saturated heterocycles. The van der Waals surface area contributed by atoms with E-state index >= 15 is 0 Å².